The van der Waals surface area contributed by atoms with Crippen LogP contribution in [0.3, 0.4) is 0 Å². The maximum Gasteiger partial charge on any atom is 0.176 e. The standard InChI is InChI=1S/C6H4BrF2NO/c7-4-5(9)2(8)1-3(10)6(4)11/h1,11H,10H2. The molecule has 0 aliphatic rings. The second-order valence-corrected chi connectivity index (χ2v) is 2.72. The number of anilines is 1. The van der Waals surface area contributed by atoms with Crippen molar-refractivity contribution in [3.63, 3.8) is 0 Å². The van der Waals surface area contributed by atoms with E-state index >= 15 is 0 Å². The summed E-state index contributed by atoms with van der Waals surface area (Å²) in [6.45, 7) is 0. The first-order valence-electron chi connectivity index (χ1n) is 2.66. The maximum atomic E-state index is 12.5. The van der Waals surface area contributed by atoms with Crippen molar-refractivity contribution < 1.29 is 13.9 Å². The van der Waals surface area contributed by atoms with Crippen molar-refractivity contribution in [3.8, 4) is 5.75 Å². The molecule has 0 atom stereocenters. The molecule has 1 aromatic rings. The van der Waals surface area contributed by atoms with Crippen molar-refractivity contribution in [1.82, 2.24) is 0 Å². The lowest BCUT2D eigenvalue weighted by Crippen LogP contribution is -1.92. The highest BCUT2D eigenvalue weighted by Gasteiger charge is 2.13. The predicted octanol–water partition coefficient (Wildman–Crippen LogP) is 2.02. The lowest BCUT2D eigenvalue weighted by Gasteiger charge is -2.02. The van der Waals surface area contributed by atoms with Crippen LogP contribution in [0.25, 0.3) is 0 Å². The Balaban J connectivity index is 3.46. The summed E-state index contributed by atoms with van der Waals surface area (Å²) in [7, 11) is 0. The molecule has 0 bridgehead atoms. The van der Waals surface area contributed by atoms with Gasteiger partial charge in [-0.2, -0.15) is 0 Å². The number of nitrogens with two attached hydrogens (primary N) is 1. The van der Waals surface area contributed by atoms with E-state index in [-0.39, 0.29) is 10.2 Å². The zero-order chi connectivity index (χ0) is 8.59. The minimum Gasteiger partial charge on any atom is -0.505 e. The molecule has 0 aromatic heterocycles. The molecule has 0 radical (unpaired) electrons. The first-order valence-corrected chi connectivity index (χ1v) is 3.45. The molecule has 0 aliphatic heterocycles. The van der Waals surface area contributed by atoms with E-state index in [1.165, 1.54) is 0 Å². The highest BCUT2D eigenvalue weighted by atomic mass is 79.9. The van der Waals surface area contributed by atoms with Gasteiger partial charge in [0.2, 0.25) is 0 Å². The van der Waals surface area contributed by atoms with Crippen molar-refractivity contribution in [2.75, 3.05) is 5.73 Å². The van der Waals surface area contributed by atoms with E-state index in [2.05, 4.69) is 15.9 Å². The van der Waals surface area contributed by atoms with Gasteiger partial charge in [-0.15, -0.1) is 0 Å². The second kappa shape index (κ2) is 2.65. The van der Waals surface area contributed by atoms with E-state index in [9.17, 15) is 8.78 Å². The van der Waals surface area contributed by atoms with E-state index in [1.54, 1.807) is 0 Å². The molecule has 1 rings (SSSR count). The van der Waals surface area contributed by atoms with Crippen molar-refractivity contribution in [3.05, 3.63) is 22.2 Å². The van der Waals surface area contributed by atoms with Crippen LogP contribution in [0.2, 0.25) is 0 Å². The van der Waals surface area contributed by atoms with Gasteiger partial charge in [0.25, 0.3) is 0 Å². The Labute approximate surface area is 69.8 Å². The van der Waals surface area contributed by atoms with Crippen molar-refractivity contribution in [1.29, 1.82) is 0 Å². The fraction of sp³-hybridized carbons (Fsp3) is 0. The van der Waals surface area contributed by atoms with E-state index in [0.717, 1.165) is 6.07 Å². The SMILES string of the molecule is Nc1cc(F)c(F)c(Br)c1O. The molecule has 0 aliphatic carbocycles. The summed E-state index contributed by atoms with van der Waals surface area (Å²) in [5.74, 6) is -2.72. The van der Waals surface area contributed by atoms with Crippen LogP contribution in [-0.4, -0.2) is 5.11 Å². The molecule has 0 saturated carbocycles. The van der Waals surface area contributed by atoms with E-state index in [0.29, 0.717) is 0 Å². The third-order valence-corrected chi connectivity index (χ3v) is 1.89. The molecule has 2 nitrogen and oxygen atoms in total. The maximum absolute atomic E-state index is 12.5. The van der Waals surface area contributed by atoms with Gasteiger partial charge in [-0.1, -0.05) is 0 Å². The Morgan fingerprint density at radius 2 is 2.00 bits per heavy atom. The Morgan fingerprint density at radius 3 is 2.55 bits per heavy atom. The first-order chi connectivity index (χ1) is 5.04. The van der Waals surface area contributed by atoms with Crippen LogP contribution in [0.5, 0.6) is 5.75 Å². The summed E-state index contributed by atoms with van der Waals surface area (Å²) in [5, 5.41) is 8.93. The molecule has 0 heterocycles. The average Bonchev–Trinajstić information content (AvgIpc) is 1.97. The number of hydrogen-bond acceptors (Lipinski definition) is 2. The van der Waals surface area contributed by atoms with Gasteiger partial charge in [0, 0.05) is 6.07 Å². The average molecular weight is 224 g/mol. The second-order valence-electron chi connectivity index (χ2n) is 1.92. The lowest BCUT2D eigenvalue weighted by atomic mass is 10.3. The molecule has 11 heavy (non-hydrogen) atoms. The predicted molar refractivity (Wildman–Crippen MR) is 40.1 cm³/mol. The molecule has 0 unspecified atom stereocenters. The highest BCUT2D eigenvalue weighted by molar-refractivity contribution is 9.10. The van der Waals surface area contributed by atoms with E-state index in [1.807, 2.05) is 0 Å². The van der Waals surface area contributed by atoms with Crippen LogP contribution in [0.15, 0.2) is 10.5 Å². The number of hydrogen-bond donors (Lipinski definition) is 2. The van der Waals surface area contributed by atoms with Gasteiger partial charge >= 0.3 is 0 Å². The number of benzene rings is 1. The summed E-state index contributed by atoms with van der Waals surface area (Å²) in [4.78, 5) is 0. The topological polar surface area (TPSA) is 46.2 Å². The van der Waals surface area contributed by atoms with Crippen molar-refractivity contribution in [2.24, 2.45) is 0 Å². The number of rotatable bonds is 0. The third kappa shape index (κ3) is 1.28. The summed E-state index contributed by atoms with van der Waals surface area (Å²) >= 11 is 2.64. The Morgan fingerprint density at radius 1 is 1.45 bits per heavy atom. The van der Waals surface area contributed by atoms with E-state index < -0.39 is 17.4 Å². The smallest absolute Gasteiger partial charge is 0.176 e. The van der Waals surface area contributed by atoms with Gasteiger partial charge in [-0.05, 0) is 15.9 Å². The van der Waals surface area contributed by atoms with Gasteiger partial charge in [0.05, 0.1) is 5.69 Å². The minimum absolute atomic E-state index is 0.198. The van der Waals surface area contributed by atoms with E-state index in [4.69, 9.17) is 10.8 Å². The monoisotopic (exact) mass is 223 g/mol. The summed E-state index contributed by atoms with van der Waals surface area (Å²) < 4.78 is 24.6. The Hall–Kier alpha value is -0.840. The fourth-order valence-electron chi connectivity index (χ4n) is 0.604. The molecular formula is C6H4BrF2NO. The summed E-state index contributed by atoms with van der Waals surface area (Å²) in [6.07, 6.45) is 0. The number of phenolic OH excluding ortho intramolecular Hbond substituents is 1. The van der Waals surface area contributed by atoms with Gasteiger partial charge < -0.3 is 10.8 Å². The van der Waals surface area contributed by atoms with Crippen LogP contribution < -0.4 is 5.73 Å². The number of nitrogen functional groups attached to an aromatic ring is 1. The summed E-state index contributed by atoms with van der Waals surface area (Å²) in [5.41, 5.74) is 4.91. The molecule has 0 saturated heterocycles. The minimum atomic E-state index is -1.14. The zero-order valence-corrected chi connectivity index (χ0v) is 6.82. The number of aromatic hydroxyl groups is 1. The normalized spacial score (nSPS) is 10.1. The van der Waals surface area contributed by atoms with Crippen LogP contribution in [-0.2, 0) is 0 Å². The number of phenols is 1. The molecule has 1 aromatic carbocycles. The summed E-state index contributed by atoms with van der Waals surface area (Å²) in [6, 6.07) is 0.718. The van der Waals surface area contributed by atoms with Gasteiger partial charge in [-0.25, -0.2) is 8.78 Å². The largest absolute Gasteiger partial charge is 0.505 e. The Kier molecular flexibility index (Phi) is 1.99. The molecule has 5 heteroatoms. The van der Waals surface area contributed by atoms with Crippen LogP contribution in [0.4, 0.5) is 14.5 Å². The lowest BCUT2D eigenvalue weighted by molar-refractivity contribution is 0.451. The number of halogens is 3. The highest BCUT2D eigenvalue weighted by Crippen LogP contribution is 2.33. The fourth-order valence-corrected chi connectivity index (χ4v) is 1.02. The Bertz CT molecular complexity index is 277. The van der Waals surface area contributed by atoms with Crippen molar-refractivity contribution in [2.45, 2.75) is 0 Å². The molecule has 0 fully saturated rings. The van der Waals surface area contributed by atoms with Gasteiger partial charge in [-0.3, -0.25) is 0 Å². The van der Waals surface area contributed by atoms with Gasteiger partial charge in [0.1, 0.15) is 4.47 Å². The molecular weight excluding hydrogens is 220 g/mol. The van der Waals surface area contributed by atoms with Crippen molar-refractivity contribution >= 4 is 21.6 Å². The van der Waals surface area contributed by atoms with Crippen LogP contribution in [0, 0.1) is 11.6 Å². The molecule has 0 spiro atoms. The molecule has 0 amide bonds. The molecule has 60 valence electrons. The third-order valence-electron chi connectivity index (χ3n) is 1.17. The first kappa shape index (κ1) is 8.26. The quantitative estimate of drug-likeness (QED) is 0.402. The van der Waals surface area contributed by atoms with Crippen LogP contribution >= 0.6 is 15.9 Å². The molecule has 3 N–H and O–H groups in total. The van der Waals surface area contributed by atoms with Crippen LogP contribution in [0.1, 0.15) is 0 Å². The van der Waals surface area contributed by atoms with Gasteiger partial charge in [0.15, 0.2) is 17.4 Å². The zero-order valence-electron chi connectivity index (χ0n) is 5.24.